The van der Waals surface area contributed by atoms with Crippen molar-refractivity contribution in [2.24, 2.45) is 0 Å². The van der Waals surface area contributed by atoms with Crippen LogP contribution < -0.4 is 11.1 Å². The first-order valence-electron chi connectivity index (χ1n) is 5.96. The van der Waals surface area contributed by atoms with E-state index >= 15 is 0 Å². The quantitative estimate of drug-likeness (QED) is 0.868. The van der Waals surface area contributed by atoms with E-state index in [0.29, 0.717) is 11.6 Å². The van der Waals surface area contributed by atoms with Gasteiger partial charge in [-0.1, -0.05) is 29.8 Å². The molecule has 0 spiro atoms. The van der Waals surface area contributed by atoms with Crippen LogP contribution in [0.1, 0.15) is 22.5 Å². The van der Waals surface area contributed by atoms with Gasteiger partial charge in [-0.3, -0.25) is 0 Å². The molecule has 1 aromatic carbocycles. The van der Waals surface area contributed by atoms with Crippen molar-refractivity contribution in [3.63, 3.8) is 0 Å². The van der Waals surface area contributed by atoms with E-state index in [2.05, 4.69) is 46.5 Å². The number of hydrogen-bond donors (Lipinski definition) is 2. The van der Waals surface area contributed by atoms with Crippen molar-refractivity contribution in [2.75, 3.05) is 11.1 Å². The van der Waals surface area contributed by atoms with Crippen LogP contribution in [0, 0.1) is 20.8 Å². The lowest BCUT2D eigenvalue weighted by Crippen LogP contribution is -2.08. The minimum atomic E-state index is 0.536. The molecule has 0 amide bonds. The molecule has 2 aromatic rings. The fraction of sp³-hybridized carbons (Fsp3) is 0.286. The Morgan fingerprint density at radius 1 is 1.06 bits per heavy atom. The predicted molar refractivity (Wildman–Crippen MR) is 74.4 cm³/mol. The third kappa shape index (κ3) is 2.77. The molecule has 0 aliphatic rings. The van der Waals surface area contributed by atoms with Crippen molar-refractivity contribution in [2.45, 2.75) is 27.3 Å². The highest BCUT2D eigenvalue weighted by molar-refractivity contribution is 5.54. The molecule has 0 radical (unpaired) electrons. The van der Waals surface area contributed by atoms with Crippen molar-refractivity contribution in [1.82, 2.24) is 9.97 Å². The SMILES string of the molecule is Cc1ccc(CNc2nc(C)nc(N)c2C)cc1. The molecule has 3 N–H and O–H groups in total. The number of benzene rings is 1. The molecule has 0 aliphatic heterocycles. The van der Waals surface area contributed by atoms with Crippen LogP contribution in [0.3, 0.4) is 0 Å². The Labute approximate surface area is 107 Å². The molecule has 0 atom stereocenters. The number of hydrogen-bond acceptors (Lipinski definition) is 4. The molecule has 0 unspecified atom stereocenters. The Hall–Kier alpha value is -2.10. The summed E-state index contributed by atoms with van der Waals surface area (Å²) in [6.07, 6.45) is 0. The van der Waals surface area contributed by atoms with Crippen LogP contribution in [-0.2, 0) is 6.54 Å². The molecule has 0 saturated heterocycles. The van der Waals surface area contributed by atoms with E-state index in [1.165, 1.54) is 11.1 Å². The van der Waals surface area contributed by atoms with Crippen LogP contribution in [0.5, 0.6) is 0 Å². The van der Waals surface area contributed by atoms with Gasteiger partial charge in [0.1, 0.15) is 17.5 Å². The van der Waals surface area contributed by atoms with E-state index in [1.807, 2.05) is 13.8 Å². The van der Waals surface area contributed by atoms with Crippen LogP contribution in [0.25, 0.3) is 0 Å². The van der Waals surface area contributed by atoms with Gasteiger partial charge in [-0.2, -0.15) is 0 Å². The number of nitrogens with zero attached hydrogens (tertiary/aromatic N) is 2. The van der Waals surface area contributed by atoms with Crippen LogP contribution in [0.4, 0.5) is 11.6 Å². The maximum Gasteiger partial charge on any atom is 0.135 e. The second kappa shape index (κ2) is 5.04. The highest BCUT2D eigenvalue weighted by atomic mass is 15.0. The van der Waals surface area contributed by atoms with Crippen LogP contribution in [-0.4, -0.2) is 9.97 Å². The second-order valence-electron chi connectivity index (χ2n) is 4.47. The summed E-state index contributed by atoms with van der Waals surface area (Å²) < 4.78 is 0. The number of anilines is 2. The van der Waals surface area contributed by atoms with Gasteiger partial charge in [0.2, 0.25) is 0 Å². The van der Waals surface area contributed by atoms with Gasteiger partial charge in [-0.05, 0) is 26.3 Å². The van der Waals surface area contributed by atoms with Crippen LogP contribution >= 0.6 is 0 Å². The molecule has 0 bridgehead atoms. The zero-order valence-corrected chi connectivity index (χ0v) is 11.0. The monoisotopic (exact) mass is 242 g/mol. The molecular weight excluding hydrogens is 224 g/mol. The Morgan fingerprint density at radius 2 is 1.72 bits per heavy atom. The minimum absolute atomic E-state index is 0.536. The molecule has 94 valence electrons. The Bertz CT molecular complexity index is 546. The number of aromatic nitrogens is 2. The summed E-state index contributed by atoms with van der Waals surface area (Å²) in [6.45, 7) is 6.58. The van der Waals surface area contributed by atoms with Crippen molar-refractivity contribution < 1.29 is 0 Å². The lowest BCUT2D eigenvalue weighted by Gasteiger charge is -2.11. The van der Waals surface area contributed by atoms with Crippen LogP contribution in [0.2, 0.25) is 0 Å². The van der Waals surface area contributed by atoms with E-state index in [-0.39, 0.29) is 0 Å². The largest absolute Gasteiger partial charge is 0.383 e. The summed E-state index contributed by atoms with van der Waals surface area (Å²) in [6, 6.07) is 8.41. The Morgan fingerprint density at radius 3 is 2.39 bits per heavy atom. The van der Waals surface area contributed by atoms with Gasteiger partial charge in [-0.25, -0.2) is 9.97 Å². The van der Waals surface area contributed by atoms with Gasteiger partial charge in [0.25, 0.3) is 0 Å². The molecule has 0 aliphatic carbocycles. The smallest absolute Gasteiger partial charge is 0.135 e. The number of nitrogens with one attached hydrogen (secondary N) is 1. The first-order chi connectivity index (χ1) is 8.56. The molecule has 1 aromatic heterocycles. The number of aryl methyl sites for hydroxylation is 2. The van der Waals surface area contributed by atoms with Crippen molar-refractivity contribution in [3.8, 4) is 0 Å². The maximum absolute atomic E-state index is 5.82. The number of nitrogen functional groups attached to an aromatic ring is 1. The molecule has 4 nitrogen and oxygen atoms in total. The molecule has 4 heteroatoms. The molecule has 0 saturated carbocycles. The summed E-state index contributed by atoms with van der Waals surface area (Å²) in [5.41, 5.74) is 9.19. The summed E-state index contributed by atoms with van der Waals surface area (Å²) >= 11 is 0. The van der Waals surface area contributed by atoms with Gasteiger partial charge in [-0.15, -0.1) is 0 Å². The number of nitrogens with two attached hydrogens (primary N) is 1. The normalized spacial score (nSPS) is 10.4. The standard InChI is InChI=1S/C14H18N4/c1-9-4-6-12(7-5-9)8-16-14-10(2)13(15)17-11(3)18-14/h4-7H,8H2,1-3H3,(H3,15,16,17,18). The minimum Gasteiger partial charge on any atom is -0.383 e. The Balaban J connectivity index is 2.13. The molecular formula is C14H18N4. The van der Waals surface area contributed by atoms with Gasteiger partial charge in [0.05, 0.1) is 0 Å². The predicted octanol–water partition coefficient (Wildman–Crippen LogP) is 2.60. The van der Waals surface area contributed by atoms with E-state index in [0.717, 1.165) is 17.9 Å². The average molecular weight is 242 g/mol. The third-order valence-corrected chi connectivity index (χ3v) is 2.88. The summed E-state index contributed by atoms with van der Waals surface area (Å²) in [4.78, 5) is 8.49. The first kappa shape index (κ1) is 12.4. The summed E-state index contributed by atoms with van der Waals surface area (Å²) in [5, 5.41) is 3.30. The average Bonchev–Trinajstić information content (AvgIpc) is 2.34. The topological polar surface area (TPSA) is 63.8 Å². The van der Waals surface area contributed by atoms with E-state index in [4.69, 9.17) is 5.73 Å². The second-order valence-corrected chi connectivity index (χ2v) is 4.47. The fourth-order valence-electron chi connectivity index (χ4n) is 1.71. The molecule has 1 heterocycles. The van der Waals surface area contributed by atoms with Crippen molar-refractivity contribution in [3.05, 3.63) is 46.8 Å². The highest BCUT2D eigenvalue weighted by Crippen LogP contribution is 2.17. The fourth-order valence-corrected chi connectivity index (χ4v) is 1.71. The van der Waals surface area contributed by atoms with Gasteiger partial charge in [0.15, 0.2) is 0 Å². The molecule has 2 rings (SSSR count). The van der Waals surface area contributed by atoms with Crippen LogP contribution in [0.15, 0.2) is 24.3 Å². The van der Waals surface area contributed by atoms with Crippen molar-refractivity contribution in [1.29, 1.82) is 0 Å². The highest BCUT2D eigenvalue weighted by Gasteiger charge is 2.05. The number of rotatable bonds is 3. The molecule has 18 heavy (non-hydrogen) atoms. The van der Waals surface area contributed by atoms with Gasteiger partial charge in [0, 0.05) is 12.1 Å². The molecule has 0 fully saturated rings. The zero-order chi connectivity index (χ0) is 13.1. The van der Waals surface area contributed by atoms with E-state index in [9.17, 15) is 0 Å². The first-order valence-corrected chi connectivity index (χ1v) is 5.96. The summed E-state index contributed by atoms with van der Waals surface area (Å²) in [7, 11) is 0. The Kier molecular flexibility index (Phi) is 3.46. The lowest BCUT2D eigenvalue weighted by atomic mass is 10.1. The lowest BCUT2D eigenvalue weighted by molar-refractivity contribution is 1.01. The zero-order valence-electron chi connectivity index (χ0n) is 11.0. The maximum atomic E-state index is 5.82. The van der Waals surface area contributed by atoms with E-state index < -0.39 is 0 Å². The van der Waals surface area contributed by atoms with E-state index in [1.54, 1.807) is 0 Å². The van der Waals surface area contributed by atoms with Gasteiger partial charge < -0.3 is 11.1 Å². The van der Waals surface area contributed by atoms with Crippen molar-refractivity contribution >= 4 is 11.6 Å². The van der Waals surface area contributed by atoms with Gasteiger partial charge >= 0.3 is 0 Å². The third-order valence-electron chi connectivity index (χ3n) is 2.88. The summed E-state index contributed by atoms with van der Waals surface area (Å²) in [5.74, 6) is 2.03.